The number of aromatic hydroxyl groups is 2. The molecule has 2 rings (SSSR count). The number of phenols is 2. The van der Waals surface area contributed by atoms with Crippen LogP contribution in [0, 0.1) is 0 Å². The Kier molecular flexibility index (Phi) is 6.94. The van der Waals surface area contributed by atoms with Gasteiger partial charge in [-0.15, -0.1) is 0 Å². The van der Waals surface area contributed by atoms with Crippen molar-refractivity contribution < 1.29 is 37.5 Å². The number of para-hydroxylation sites is 2. The Morgan fingerprint density at radius 1 is 0.882 bits per heavy atom. The van der Waals surface area contributed by atoms with E-state index in [1.807, 2.05) is 6.08 Å². The van der Waals surface area contributed by atoms with Gasteiger partial charge in [-0.1, -0.05) is 18.2 Å². The summed E-state index contributed by atoms with van der Waals surface area (Å²) >= 11 is 0. The average molecular weight is 278 g/mol. The minimum absolute atomic E-state index is 0. The Morgan fingerprint density at radius 3 is 1.71 bits per heavy atom. The van der Waals surface area contributed by atoms with Crippen molar-refractivity contribution >= 4 is 0 Å². The van der Waals surface area contributed by atoms with E-state index in [2.05, 4.69) is 0 Å². The molecule has 5 heteroatoms. The molecular formula is C12H14FeO4. The van der Waals surface area contributed by atoms with Gasteiger partial charge in [-0.05, 0) is 24.6 Å². The first-order chi connectivity index (χ1) is 7.61. The predicted octanol–water partition coefficient (Wildman–Crippen LogP) is 2.76. The fraction of sp³-hybridized carbons (Fsp3) is 0.167. The van der Waals surface area contributed by atoms with Gasteiger partial charge in [-0.3, -0.25) is 0 Å². The zero-order valence-corrected chi connectivity index (χ0v) is 10.1. The van der Waals surface area contributed by atoms with Crippen molar-refractivity contribution in [1.29, 1.82) is 0 Å². The molecule has 94 valence electrons. The summed E-state index contributed by atoms with van der Waals surface area (Å²) < 4.78 is 0. The van der Waals surface area contributed by atoms with E-state index in [-0.39, 0.29) is 40.1 Å². The molecule has 1 aliphatic rings. The summed E-state index contributed by atoms with van der Waals surface area (Å²) in [5.74, 6) is -0.0382. The molecule has 1 aliphatic carbocycles. The van der Waals surface area contributed by atoms with Gasteiger partial charge < -0.3 is 20.4 Å². The van der Waals surface area contributed by atoms with Crippen LogP contribution in [0.3, 0.4) is 0 Å². The number of aliphatic hydroxyl groups excluding tert-OH is 2. The zero-order chi connectivity index (χ0) is 12.0. The van der Waals surface area contributed by atoms with Crippen LogP contribution in [-0.4, -0.2) is 20.4 Å². The Balaban J connectivity index is 0.000000284. The monoisotopic (exact) mass is 278 g/mol. The number of allylic oxidation sites excluding steroid dienone is 3. The van der Waals surface area contributed by atoms with E-state index in [9.17, 15) is 0 Å². The first kappa shape index (κ1) is 15.4. The van der Waals surface area contributed by atoms with Crippen molar-refractivity contribution in [3.63, 3.8) is 0 Å². The third-order valence-corrected chi connectivity index (χ3v) is 2.00. The molecule has 1 aromatic carbocycles. The molecule has 0 unspecified atom stereocenters. The molecule has 0 saturated heterocycles. The average Bonchev–Trinajstić information content (AvgIpc) is 2.28. The summed E-state index contributed by atoms with van der Waals surface area (Å²) in [6.45, 7) is 0. The van der Waals surface area contributed by atoms with Crippen LogP contribution >= 0.6 is 0 Å². The summed E-state index contributed by atoms with van der Waals surface area (Å²) in [5, 5.41) is 34.8. The molecule has 0 bridgehead atoms. The smallest absolute Gasteiger partial charge is 0.157 e. The van der Waals surface area contributed by atoms with Gasteiger partial charge in [0.2, 0.25) is 0 Å². The summed E-state index contributed by atoms with van der Waals surface area (Å²) in [5.41, 5.74) is 0. The first-order valence-electron chi connectivity index (χ1n) is 4.86. The van der Waals surface area contributed by atoms with E-state index in [1.54, 1.807) is 12.1 Å². The molecule has 0 amide bonds. The van der Waals surface area contributed by atoms with E-state index < -0.39 is 0 Å². The van der Waals surface area contributed by atoms with Gasteiger partial charge in [0, 0.05) is 23.5 Å². The number of rotatable bonds is 0. The van der Waals surface area contributed by atoms with Gasteiger partial charge in [-0.2, -0.15) is 0 Å². The molecule has 0 aromatic heterocycles. The normalized spacial score (nSPS) is 13.4. The molecule has 0 radical (unpaired) electrons. The maximum Gasteiger partial charge on any atom is 0.157 e. The molecule has 0 heterocycles. The Labute approximate surface area is 110 Å². The van der Waals surface area contributed by atoms with Crippen molar-refractivity contribution in [2.45, 2.75) is 12.8 Å². The van der Waals surface area contributed by atoms with E-state index in [1.165, 1.54) is 18.2 Å². The maximum absolute atomic E-state index is 8.76. The molecule has 0 aliphatic heterocycles. The van der Waals surface area contributed by atoms with Crippen LogP contribution < -0.4 is 0 Å². The van der Waals surface area contributed by atoms with Crippen LogP contribution in [0.1, 0.15) is 12.8 Å². The maximum atomic E-state index is 8.76. The van der Waals surface area contributed by atoms with Gasteiger partial charge in [0.1, 0.15) is 5.76 Å². The molecule has 0 saturated carbocycles. The molecule has 0 spiro atoms. The Morgan fingerprint density at radius 2 is 1.41 bits per heavy atom. The van der Waals surface area contributed by atoms with Gasteiger partial charge >= 0.3 is 0 Å². The van der Waals surface area contributed by atoms with Crippen LogP contribution in [0.2, 0.25) is 0 Å². The SMILES string of the molecule is OC1=C(O)CCC=C1.Oc1ccccc1O.[Fe]. The fourth-order valence-electron chi connectivity index (χ4n) is 1.10. The summed E-state index contributed by atoms with van der Waals surface area (Å²) in [6, 6.07) is 6.15. The first-order valence-corrected chi connectivity index (χ1v) is 4.86. The van der Waals surface area contributed by atoms with Crippen LogP contribution in [-0.2, 0) is 17.1 Å². The number of hydrogen-bond donors (Lipinski definition) is 4. The van der Waals surface area contributed by atoms with Crippen LogP contribution in [0.15, 0.2) is 47.9 Å². The minimum atomic E-state index is -0.0764. The van der Waals surface area contributed by atoms with Gasteiger partial charge in [0.05, 0.1) is 0 Å². The zero-order valence-electron chi connectivity index (χ0n) is 9.02. The summed E-state index contributed by atoms with van der Waals surface area (Å²) in [7, 11) is 0. The van der Waals surface area contributed by atoms with Crippen LogP contribution in [0.4, 0.5) is 0 Å². The third kappa shape index (κ3) is 5.33. The summed E-state index contributed by atoms with van der Waals surface area (Å²) in [6.07, 6.45) is 4.74. The van der Waals surface area contributed by atoms with E-state index in [0.717, 1.165) is 6.42 Å². The second kappa shape index (κ2) is 7.65. The van der Waals surface area contributed by atoms with Crippen molar-refractivity contribution in [2.24, 2.45) is 0 Å². The van der Waals surface area contributed by atoms with E-state index >= 15 is 0 Å². The van der Waals surface area contributed by atoms with E-state index in [0.29, 0.717) is 6.42 Å². The molecule has 0 atom stereocenters. The van der Waals surface area contributed by atoms with Gasteiger partial charge in [0.25, 0.3) is 0 Å². The minimum Gasteiger partial charge on any atom is -0.508 e. The second-order valence-corrected chi connectivity index (χ2v) is 3.26. The molecular weight excluding hydrogens is 264 g/mol. The molecule has 4 N–H and O–H groups in total. The van der Waals surface area contributed by atoms with Crippen molar-refractivity contribution in [2.75, 3.05) is 0 Å². The number of aliphatic hydroxyl groups is 2. The number of benzene rings is 1. The topological polar surface area (TPSA) is 80.9 Å². The summed E-state index contributed by atoms with van der Waals surface area (Å²) in [4.78, 5) is 0. The third-order valence-electron chi connectivity index (χ3n) is 2.00. The van der Waals surface area contributed by atoms with Crippen LogP contribution in [0.25, 0.3) is 0 Å². The largest absolute Gasteiger partial charge is 0.508 e. The molecule has 0 fully saturated rings. The molecule has 1 aromatic rings. The molecule has 4 nitrogen and oxygen atoms in total. The predicted molar refractivity (Wildman–Crippen MR) is 60.4 cm³/mol. The number of phenolic OH excluding ortho intramolecular Hbond substituents is 2. The van der Waals surface area contributed by atoms with Crippen LogP contribution in [0.5, 0.6) is 11.5 Å². The number of hydrogen-bond acceptors (Lipinski definition) is 4. The van der Waals surface area contributed by atoms with Crippen molar-refractivity contribution in [3.05, 3.63) is 47.9 Å². The second-order valence-electron chi connectivity index (χ2n) is 3.26. The van der Waals surface area contributed by atoms with E-state index in [4.69, 9.17) is 20.4 Å². The fourth-order valence-corrected chi connectivity index (χ4v) is 1.10. The van der Waals surface area contributed by atoms with Gasteiger partial charge in [0.15, 0.2) is 17.3 Å². The standard InChI is InChI=1S/C6H8O2.C6H6O2.Fe/c2*7-5-3-1-2-4-6(5)8;/h1,3,7-8H,2,4H2;1-4,7-8H;. The van der Waals surface area contributed by atoms with Crippen molar-refractivity contribution in [1.82, 2.24) is 0 Å². The van der Waals surface area contributed by atoms with Gasteiger partial charge in [-0.25, -0.2) is 0 Å². The Hall–Kier alpha value is -1.58. The van der Waals surface area contributed by atoms with Crippen molar-refractivity contribution in [3.8, 4) is 11.5 Å². The Bertz CT molecular complexity index is 392. The molecule has 17 heavy (non-hydrogen) atoms. The quantitative estimate of drug-likeness (QED) is 0.434.